The fourth-order valence-electron chi connectivity index (χ4n) is 3.56. The van der Waals surface area contributed by atoms with Gasteiger partial charge in [0.25, 0.3) is 0 Å². The van der Waals surface area contributed by atoms with Crippen molar-refractivity contribution in [2.45, 2.75) is 38.5 Å². The summed E-state index contributed by atoms with van der Waals surface area (Å²) in [5.41, 5.74) is 2.19. The highest BCUT2D eigenvalue weighted by Gasteiger charge is 2.36. The largest absolute Gasteiger partial charge is 0.351 e. The lowest BCUT2D eigenvalue weighted by Crippen LogP contribution is -2.16. The zero-order valence-electron chi connectivity index (χ0n) is 11.1. The van der Waals surface area contributed by atoms with Crippen molar-refractivity contribution in [1.82, 2.24) is 4.57 Å². The maximum absolute atomic E-state index is 12.5. The minimum Gasteiger partial charge on any atom is -0.351 e. The summed E-state index contributed by atoms with van der Waals surface area (Å²) in [6.07, 6.45) is 11.4. The molecular formula is C16H21NO. The van der Waals surface area contributed by atoms with Gasteiger partial charge >= 0.3 is 0 Å². The molecule has 2 heteroatoms. The molecule has 0 radical (unpaired) electrons. The van der Waals surface area contributed by atoms with Crippen molar-refractivity contribution in [2.75, 3.05) is 0 Å². The monoisotopic (exact) mass is 243 g/mol. The van der Waals surface area contributed by atoms with Crippen molar-refractivity contribution in [3.05, 3.63) is 29.6 Å². The predicted molar refractivity (Wildman–Crippen MR) is 73.1 cm³/mol. The van der Waals surface area contributed by atoms with Crippen LogP contribution in [-0.4, -0.2) is 10.4 Å². The lowest BCUT2D eigenvalue weighted by molar-refractivity contribution is -0.119. The summed E-state index contributed by atoms with van der Waals surface area (Å²) in [5, 5.41) is 0. The second kappa shape index (κ2) is 4.75. The van der Waals surface area contributed by atoms with E-state index in [9.17, 15) is 4.79 Å². The average molecular weight is 243 g/mol. The zero-order chi connectivity index (χ0) is 12.5. The molecule has 0 aromatic carbocycles. The Hall–Kier alpha value is -1.31. The van der Waals surface area contributed by atoms with Crippen molar-refractivity contribution in [1.29, 1.82) is 0 Å². The third-order valence-corrected chi connectivity index (χ3v) is 4.65. The highest BCUT2D eigenvalue weighted by molar-refractivity contribution is 6.03. The van der Waals surface area contributed by atoms with E-state index in [0.717, 1.165) is 24.1 Å². The standard InChI is InChI=1S/C16H21NO/c1-17-10-4-7-14(17)11-13-8-9-15(16(13)18)12-5-2-3-6-12/h4,7,10-12,15H,2-3,5-6,8-9H2,1H3/b13-11-/t15-/m1/s1. The molecule has 0 unspecified atom stereocenters. The van der Waals surface area contributed by atoms with Crippen LogP contribution in [0.2, 0.25) is 0 Å². The van der Waals surface area contributed by atoms with Crippen LogP contribution in [-0.2, 0) is 11.8 Å². The van der Waals surface area contributed by atoms with Crippen LogP contribution < -0.4 is 0 Å². The quantitative estimate of drug-likeness (QED) is 0.728. The molecule has 1 aromatic rings. The molecule has 2 fully saturated rings. The van der Waals surface area contributed by atoms with Gasteiger partial charge in [-0.15, -0.1) is 0 Å². The smallest absolute Gasteiger partial charge is 0.162 e. The number of rotatable bonds is 2. The number of nitrogens with zero attached hydrogens (tertiary/aromatic N) is 1. The van der Waals surface area contributed by atoms with E-state index in [1.54, 1.807) is 0 Å². The molecule has 1 heterocycles. The van der Waals surface area contributed by atoms with Gasteiger partial charge in [-0.3, -0.25) is 4.79 Å². The normalized spacial score (nSPS) is 27.5. The van der Waals surface area contributed by atoms with E-state index in [1.807, 2.05) is 19.3 Å². The third-order valence-electron chi connectivity index (χ3n) is 4.65. The van der Waals surface area contributed by atoms with Gasteiger partial charge in [-0.2, -0.15) is 0 Å². The number of carbonyl (C=O) groups excluding carboxylic acids is 1. The molecule has 2 nitrogen and oxygen atoms in total. The predicted octanol–water partition coefficient (Wildman–Crippen LogP) is 3.58. The molecule has 0 amide bonds. The fraction of sp³-hybridized carbons (Fsp3) is 0.562. The van der Waals surface area contributed by atoms with Crippen LogP contribution in [0.5, 0.6) is 0 Å². The Morgan fingerprint density at radius 3 is 2.72 bits per heavy atom. The van der Waals surface area contributed by atoms with Crippen LogP contribution in [0.25, 0.3) is 6.08 Å². The molecule has 2 aliphatic rings. The summed E-state index contributed by atoms with van der Waals surface area (Å²) >= 11 is 0. The van der Waals surface area contributed by atoms with Gasteiger partial charge in [0.05, 0.1) is 0 Å². The van der Waals surface area contributed by atoms with Gasteiger partial charge in [0.1, 0.15) is 0 Å². The van der Waals surface area contributed by atoms with Gasteiger partial charge in [0.2, 0.25) is 0 Å². The molecule has 0 aliphatic heterocycles. The van der Waals surface area contributed by atoms with E-state index in [4.69, 9.17) is 0 Å². The van der Waals surface area contributed by atoms with E-state index in [1.165, 1.54) is 25.7 Å². The number of aromatic nitrogens is 1. The van der Waals surface area contributed by atoms with Gasteiger partial charge in [-0.25, -0.2) is 0 Å². The van der Waals surface area contributed by atoms with Crippen molar-refractivity contribution < 1.29 is 4.79 Å². The maximum Gasteiger partial charge on any atom is 0.162 e. The van der Waals surface area contributed by atoms with E-state index >= 15 is 0 Å². The first-order chi connectivity index (χ1) is 8.75. The molecule has 0 spiro atoms. The summed E-state index contributed by atoms with van der Waals surface area (Å²) in [4.78, 5) is 12.5. The second-order valence-corrected chi connectivity index (χ2v) is 5.77. The van der Waals surface area contributed by atoms with Crippen molar-refractivity contribution in [3.63, 3.8) is 0 Å². The number of allylic oxidation sites excluding steroid dienone is 1. The Morgan fingerprint density at radius 1 is 1.28 bits per heavy atom. The molecule has 0 bridgehead atoms. The van der Waals surface area contributed by atoms with Gasteiger partial charge < -0.3 is 4.57 Å². The SMILES string of the molecule is Cn1cccc1/C=C1/CC[C@H](C2CCCC2)C1=O. The number of aryl methyl sites for hydroxylation is 1. The average Bonchev–Trinajstić information content (AvgIpc) is 3.05. The van der Waals surface area contributed by atoms with Gasteiger partial charge in [0.15, 0.2) is 5.78 Å². The molecule has 0 N–H and O–H groups in total. The topological polar surface area (TPSA) is 22.0 Å². The van der Waals surface area contributed by atoms with Crippen LogP contribution in [0.4, 0.5) is 0 Å². The number of ketones is 1. The minimum atomic E-state index is 0.332. The Kier molecular flexibility index (Phi) is 3.11. The van der Waals surface area contributed by atoms with E-state index in [2.05, 4.69) is 16.7 Å². The first-order valence-corrected chi connectivity index (χ1v) is 7.12. The molecule has 2 aliphatic carbocycles. The summed E-state index contributed by atoms with van der Waals surface area (Å²) in [5.74, 6) is 1.44. The first-order valence-electron chi connectivity index (χ1n) is 7.12. The Balaban J connectivity index is 1.78. The lowest BCUT2D eigenvalue weighted by atomic mass is 9.88. The van der Waals surface area contributed by atoms with Crippen LogP contribution in [0, 0.1) is 11.8 Å². The van der Waals surface area contributed by atoms with Crippen LogP contribution in [0.1, 0.15) is 44.2 Å². The van der Waals surface area contributed by atoms with Crippen LogP contribution in [0.3, 0.4) is 0 Å². The Morgan fingerprint density at radius 2 is 2.06 bits per heavy atom. The lowest BCUT2D eigenvalue weighted by Gasteiger charge is -2.15. The molecule has 2 saturated carbocycles. The molecule has 1 atom stereocenters. The number of Topliss-reactive ketones (excluding diaryl/α,β-unsaturated/α-hetero) is 1. The highest BCUT2D eigenvalue weighted by Crippen LogP contribution is 2.40. The van der Waals surface area contributed by atoms with Crippen molar-refractivity contribution in [2.24, 2.45) is 18.9 Å². The summed E-state index contributed by atoms with van der Waals surface area (Å²) in [7, 11) is 2.03. The third kappa shape index (κ3) is 2.05. The summed E-state index contributed by atoms with van der Waals surface area (Å²) in [6, 6.07) is 4.10. The summed E-state index contributed by atoms with van der Waals surface area (Å²) < 4.78 is 2.07. The van der Waals surface area contributed by atoms with Gasteiger partial charge in [-0.05, 0) is 55.4 Å². The molecule has 1 aromatic heterocycles. The first kappa shape index (κ1) is 11.8. The molecular weight excluding hydrogens is 222 g/mol. The van der Waals surface area contributed by atoms with Crippen molar-refractivity contribution >= 4 is 11.9 Å². The van der Waals surface area contributed by atoms with E-state index in [-0.39, 0.29) is 0 Å². The highest BCUT2D eigenvalue weighted by atomic mass is 16.1. The number of hydrogen-bond donors (Lipinski definition) is 0. The molecule has 3 rings (SSSR count). The second-order valence-electron chi connectivity index (χ2n) is 5.77. The maximum atomic E-state index is 12.5. The zero-order valence-corrected chi connectivity index (χ0v) is 11.1. The van der Waals surface area contributed by atoms with Crippen molar-refractivity contribution in [3.8, 4) is 0 Å². The fourth-order valence-corrected chi connectivity index (χ4v) is 3.56. The minimum absolute atomic E-state index is 0.332. The molecule has 18 heavy (non-hydrogen) atoms. The number of hydrogen-bond acceptors (Lipinski definition) is 1. The Labute approximate surface area is 109 Å². The number of carbonyl (C=O) groups is 1. The van der Waals surface area contributed by atoms with Gasteiger partial charge in [0, 0.05) is 24.9 Å². The molecule has 0 saturated heterocycles. The Bertz CT molecular complexity index is 477. The summed E-state index contributed by atoms with van der Waals surface area (Å²) in [6.45, 7) is 0. The van der Waals surface area contributed by atoms with Gasteiger partial charge in [-0.1, -0.05) is 12.8 Å². The van der Waals surface area contributed by atoms with E-state index in [0.29, 0.717) is 17.6 Å². The van der Waals surface area contributed by atoms with Crippen LogP contribution in [0.15, 0.2) is 23.9 Å². The van der Waals surface area contributed by atoms with E-state index < -0.39 is 0 Å². The molecule has 96 valence electrons. The van der Waals surface area contributed by atoms with Crippen LogP contribution >= 0.6 is 0 Å².